The van der Waals surface area contributed by atoms with Crippen molar-refractivity contribution in [2.45, 2.75) is 39.0 Å². The highest BCUT2D eigenvalue weighted by atomic mass is 79.9. The van der Waals surface area contributed by atoms with Crippen LogP contribution in [0.5, 0.6) is 11.5 Å². The van der Waals surface area contributed by atoms with Crippen LogP contribution < -0.4 is 14.8 Å². The number of ether oxygens (including phenoxy) is 3. The van der Waals surface area contributed by atoms with E-state index in [4.69, 9.17) is 14.2 Å². The Hall–Kier alpha value is -1.34. The Morgan fingerprint density at radius 1 is 1.18 bits per heavy atom. The molecule has 1 fully saturated rings. The molecule has 0 spiro atoms. The molecular weight excluding hydrogens is 449 g/mol. The fraction of sp³-hybridized carbons (Fsp3) is 0.429. The van der Waals surface area contributed by atoms with E-state index in [9.17, 15) is 4.39 Å². The topological polar surface area (TPSA) is 39.7 Å². The lowest BCUT2D eigenvalue weighted by Crippen LogP contribution is -2.25. The van der Waals surface area contributed by atoms with Crippen molar-refractivity contribution < 1.29 is 18.6 Å². The first-order valence-corrected chi connectivity index (χ1v) is 10.1. The first-order valence-electron chi connectivity index (χ1n) is 9.30. The van der Waals surface area contributed by atoms with Gasteiger partial charge in [-0.2, -0.15) is 0 Å². The summed E-state index contributed by atoms with van der Waals surface area (Å²) in [6.07, 6.45) is 2.59. The predicted octanol–water partition coefficient (Wildman–Crippen LogP) is 5.26. The van der Waals surface area contributed by atoms with Crippen molar-refractivity contribution >= 4 is 28.3 Å². The summed E-state index contributed by atoms with van der Waals surface area (Å²) in [5.74, 6) is 1.10. The summed E-state index contributed by atoms with van der Waals surface area (Å²) in [6, 6.07) is 10.3. The summed E-state index contributed by atoms with van der Waals surface area (Å²) in [7, 11) is 0. The van der Waals surface area contributed by atoms with E-state index >= 15 is 0 Å². The van der Waals surface area contributed by atoms with Crippen LogP contribution in [0.4, 0.5) is 4.39 Å². The standard InChI is InChI=1S/C21H25BrFNO3.ClH/c1-2-25-20-11-16(12-24-13-18-4-3-9-26-18)10-19(22)21(20)27-14-15-5-7-17(23)8-6-15;/h5-8,10-11,18,24H,2-4,9,12-14H2,1H3;1H. The predicted molar refractivity (Wildman–Crippen MR) is 114 cm³/mol. The molecule has 3 rings (SSSR count). The fourth-order valence-corrected chi connectivity index (χ4v) is 3.65. The van der Waals surface area contributed by atoms with Gasteiger partial charge in [-0.15, -0.1) is 12.4 Å². The van der Waals surface area contributed by atoms with Crippen molar-refractivity contribution in [2.24, 2.45) is 0 Å². The molecule has 1 saturated heterocycles. The van der Waals surface area contributed by atoms with Gasteiger partial charge >= 0.3 is 0 Å². The minimum absolute atomic E-state index is 0. The number of hydrogen-bond acceptors (Lipinski definition) is 4. The maximum Gasteiger partial charge on any atom is 0.175 e. The molecule has 154 valence electrons. The fourth-order valence-electron chi connectivity index (χ4n) is 3.05. The Morgan fingerprint density at radius 3 is 2.64 bits per heavy atom. The molecule has 1 atom stereocenters. The molecule has 0 saturated carbocycles. The van der Waals surface area contributed by atoms with Crippen LogP contribution in [0.3, 0.4) is 0 Å². The van der Waals surface area contributed by atoms with Gasteiger partial charge in [0.2, 0.25) is 0 Å². The van der Waals surface area contributed by atoms with Gasteiger partial charge in [-0.1, -0.05) is 12.1 Å². The van der Waals surface area contributed by atoms with Crippen molar-refractivity contribution in [1.29, 1.82) is 0 Å². The Kier molecular flexibility index (Phi) is 9.51. The monoisotopic (exact) mass is 473 g/mol. The minimum Gasteiger partial charge on any atom is -0.490 e. The molecule has 1 N–H and O–H groups in total. The SMILES string of the molecule is CCOc1cc(CNCC2CCCO2)cc(Br)c1OCc1ccc(F)cc1.Cl. The summed E-state index contributed by atoms with van der Waals surface area (Å²) in [4.78, 5) is 0. The lowest BCUT2D eigenvalue weighted by Gasteiger charge is -2.16. The number of hydrogen-bond donors (Lipinski definition) is 1. The maximum atomic E-state index is 13.0. The molecule has 2 aromatic carbocycles. The van der Waals surface area contributed by atoms with Crippen molar-refractivity contribution in [3.63, 3.8) is 0 Å². The molecule has 0 radical (unpaired) electrons. The average Bonchev–Trinajstić information content (AvgIpc) is 3.16. The van der Waals surface area contributed by atoms with Crippen LogP contribution in [0.1, 0.15) is 30.9 Å². The van der Waals surface area contributed by atoms with Crippen molar-refractivity contribution in [3.8, 4) is 11.5 Å². The Balaban J connectivity index is 0.00000280. The van der Waals surface area contributed by atoms with E-state index < -0.39 is 0 Å². The molecule has 0 bridgehead atoms. The molecule has 1 heterocycles. The minimum atomic E-state index is -0.255. The summed E-state index contributed by atoms with van der Waals surface area (Å²) in [5, 5.41) is 3.45. The van der Waals surface area contributed by atoms with E-state index in [0.29, 0.717) is 30.8 Å². The summed E-state index contributed by atoms with van der Waals surface area (Å²) in [6.45, 7) is 5.29. The average molecular weight is 475 g/mol. The zero-order chi connectivity index (χ0) is 19.1. The number of rotatable bonds is 9. The number of nitrogens with one attached hydrogen (secondary N) is 1. The molecule has 0 aromatic heterocycles. The third-order valence-electron chi connectivity index (χ3n) is 4.39. The van der Waals surface area contributed by atoms with Gasteiger partial charge in [-0.3, -0.25) is 0 Å². The molecule has 1 aliphatic heterocycles. The molecule has 28 heavy (non-hydrogen) atoms. The highest BCUT2D eigenvalue weighted by Gasteiger charge is 2.16. The van der Waals surface area contributed by atoms with E-state index in [1.165, 1.54) is 12.1 Å². The van der Waals surface area contributed by atoms with E-state index in [1.54, 1.807) is 12.1 Å². The zero-order valence-electron chi connectivity index (χ0n) is 15.9. The van der Waals surface area contributed by atoms with Gasteiger partial charge in [0.05, 0.1) is 17.2 Å². The quantitative estimate of drug-likeness (QED) is 0.538. The van der Waals surface area contributed by atoms with E-state index in [1.807, 2.05) is 19.1 Å². The van der Waals surface area contributed by atoms with Gasteiger partial charge in [0.25, 0.3) is 0 Å². The molecule has 0 amide bonds. The van der Waals surface area contributed by atoms with E-state index in [-0.39, 0.29) is 18.2 Å². The van der Waals surface area contributed by atoms with Crippen LogP contribution in [0.2, 0.25) is 0 Å². The van der Waals surface area contributed by atoms with Crippen molar-refractivity contribution in [1.82, 2.24) is 5.32 Å². The molecule has 0 aliphatic carbocycles. The first kappa shape index (κ1) is 22.9. The second kappa shape index (κ2) is 11.6. The third kappa shape index (κ3) is 6.62. The summed E-state index contributed by atoms with van der Waals surface area (Å²) >= 11 is 3.59. The molecule has 1 unspecified atom stereocenters. The lowest BCUT2D eigenvalue weighted by atomic mass is 10.2. The van der Waals surface area contributed by atoms with Crippen LogP contribution in [-0.2, 0) is 17.9 Å². The van der Waals surface area contributed by atoms with E-state index in [2.05, 4.69) is 21.2 Å². The van der Waals surface area contributed by atoms with Crippen LogP contribution >= 0.6 is 28.3 Å². The van der Waals surface area contributed by atoms with Gasteiger partial charge in [0.15, 0.2) is 11.5 Å². The zero-order valence-corrected chi connectivity index (χ0v) is 18.3. The van der Waals surface area contributed by atoms with Crippen molar-refractivity contribution in [3.05, 3.63) is 57.8 Å². The van der Waals surface area contributed by atoms with Gasteiger partial charge in [-0.25, -0.2) is 4.39 Å². The van der Waals surface area contributed by atoms with Gasteiger partial charge < -0.3 is 19.5 Å². The number of benzene rings is 2. The summed E-state index contributed by atoms with van der Waals surface area (Å²) in [5.41, 5.74) is 2.01. The van der Waals surface area contributed by atoms with Crippen LogP contribution in [0, 0.1) is 5.82 Å². The normalized spacial score (nSPS) is 15.9. The highest BCUT2D eigenvalue weighted by molar-refractivity contribution is 9.10. The largest absolute Gasteiger partial charge is 0.490 e. The lowest BCUT2D eigenvalue weighted by molar-refractivity contribution is 0.110. The van der Waals surface area contributed by atoms with Crippen LogP contribution in [-0.4, -0.2) is 25.9 Å². The van der Waals surface area contributed by atoms with Crippen LogP contribution in [0.15, 0.2) is 40.9 Å². The molecule has 1 aliphatic rings. The van der Waals surface area contributed by atoms with E-state index in [0.717, 1.165) is 48.1 Å². The van der Waals surface area contributed by atoms with Gasteiger partial charge in [0.1, 0.15) is 12.4 Å². The third-order valence-corrected chi connectivity index (χ3v) is 4.98. The second-order valence-corrected chi connectivity index (χ2v) is 7.37. The molecule has 7 heteroatoms. The Bertz CT molecular complexity index is 739. The van der Waals surface area contributed by atoms with Crippen molar-refractivity contribution in [2.75, 3.05) is 19.8 Å². The first-order chi connectivity index (χ1) is 13.2. The Morgan fingerprint density at radius 2 is 1.96 bits per heavy atom. The molecular formula is C21H26BrClFNO3. The smallest absolute Gasteiger partial charge is 0.175 e. The van der Waals surface area contributed by atoms with Crippen LogP contribution in [0.25, 0.3) is 0 Å². The number of halogens is 3. The molecule has 2 aromatic rings. The van der Waals surface area contributed by atoms with Gasteiger partial charge in [-0.05, 0) is 71.1 Å². The Labute approximate surface area is 180 Å². The molecule has 4 nitrogen and oxygen atoms in total. The maximum absolute atomic E-state index is 13.0. The summed E-state index contributed by atoms with van der Waals surface area (Å²) < 4.78 is 31.2. The highest BCUT2D eigenvalue weighted by Crippen LogP contribution is 2.37. The van der Waals surface area contributed by atoms with Gasteiger partial charge in [0, 0.05) is 19.7 Å². The second-order valence-electron chi connectivity index (χ2n) is 6.52.